The maximum Gasteiger partial charge on any atom is 0.173 e. The van der Waals surface area contributed by atoms with Crippen LogP contribution < -0.4 is 0 Å². The molecule has 0 saturated carbocycles. The Morgan fingerprint density at radius 2 is 1.94 bits per heavy atom. The summed E-state index contributed by atoms with van der Waals surface area (Å²) in [5, 5.41) is 2.28. The van der Waals surface area contributed by atoms with Crippen molar-refractivity contribution in [3.8, 4) is 0 Å². The molecule has 78 valence electrons. The molecule has 0 aliphatic carbocycles. The Hall–Kier alpha value is -1.74. The van der Waals surface area contributed by atoms with Gasteiger partial charge in [-0.15, -0.1) is 0 Å². The number of hydrogen-bond donors (Lipinski definition) is 0. The quantitative estimate of drug-likeness (QED) is 0.680. The molecule has 0 N–H and O–H groups in total. The van der Waals surface area contributed by atoms with Gasteiger partial charge >= 0.3 is 0 Å². The molecule has 3 rings (SSSR count). The Balaban J connectivity index is 2.43. The van der Waals surface area contributed by atoms with Crippen molar-refractivity contribution in [2.24, 2.45) is 4.40 Å². The molecule has 1 atom stereocenters. The number of fused-ring (bicyclic) bond motifs is 3. The van der Waals surface area contributed by atoms with Gasteiger partial charge in [-0.25, -0.2) is 4.21 Å². The molecular formula is C13H9NOS. The minimum atomic E-state index is -1.28. The first-order chi connectivity index (χ1) is 7.86. The molecule has 16 heavy (non-hydrogen) atoms. The molecule has 3 heteroatoms. The largest absolute Gasteiger partial charge is 0.229 e. The van der Waals surface area contributed by atoms with Crippen molar-refractivity contribution in [2.75, 3.05) is 0 Å². The van der Waals surface area contributed by atoms with Gasteiger partial charge in [0.05, 0.1) is 4.90 Å². The normalized spacial score (nSPS) is 18.4. The van der Waals surface area contributed by atoms with Gasteiger partial charge < -0.3 is 0 Å². The molecule has 1 heterocycles. The van der Waals surface area contributed by atoms with Crippen molar-refractivity contribution < 1.29 is 4.21 Å². The lowest BCUT2D eigenvalue weighted by atomic mass is 10.0. The van der Waals surface area contributed by atoms with Gasteiger partial charge in [0.25, 0.3) is 0 Å². The molecule has 1 aliphatic rings. The van der Waals surface area contributed by atoms with Crippen LogP contribution in [-0.2, 0) is 11.0 Å². The first kappa shape index (κ1) is 9.48. The molecule has 0 amide bonds. The van der Waals surface area contributed by atoms with E-state index >= 15 is 0 Å². The van der Waals surface area contributed by atoms with E-state index in [1.807, 2.05) is 42.5 Å². The third-order valence-electron chi connectivity index (χ3n) is 2.62. The number of rotatable bonds is 0. The minimum Gasteiger partial charge on any atom is -0.229 e. The SMILES string of the molecule is O=S1N=CC=Cc2c1ccc1ccccc21. The second-order valence-corrected chi connectivity index (χ2v) is 4.71. The van der Waals surface area contributed by atoms with E-state index in [2.05, 4.69) is 10.5 Å². The molecular weight excluding hydrogens is 218 g/mol. The van der Waals surface area contributed by atoms with Crippen molar-refractivity contribution in [3.05, 3.63) is 48.0 Å². The average molecular weight is 227 g/mol. The summed E-state index contributed by atoms with van der Waals surface area (Å²) in [5.41, 5.74) is 1.01. The monoisotopic (exact) mass is 227 g/mol. The van der Waals surface area contributed by atoms with E-state index in [4.69, 9.17) is 0 Å². The predicted octanol–water partition coefficient (Wildman–Crippen LogP) is 2.96. The van der Waals surface area contributed by atoms with Crippen molar-refractivity contribution in [1.82, 2.24) is 0 Å². The third kappa shape index (κ3) is 1.41. The highest BCUT2D eigenvalue weighted by Gasteiger charge is 2.11. The van der Waals surface area contributed by atoms with Gasteiger partial charge in [-0.3, -0.25) is 0 Å². The van der Waals surface area contributed by atoms with Gasteiger partial charge in [0, 0.05) is 11.8 Å². The first-order valence-corrected chi connectivity index (χ1v) is 6.11. The molecule has 2 aromatic carbocycles. The van der Waals surface area contributed by atoms with Gasteiger partial charge in [-0.2, -0.15) is 4.40 Å². The molecule has 0 fully saturated rings. The zero-order valence-electron chi connectivity index (χ0n) is 8.46. The standard InChI is InChI=1S/C13H9NOS/c15-16-13-8-7-10-4-1-2-5-11(10)12(13)6-3-9-14-16/h1-9H. The van der Waals surface area contributed by atoms with E-state index in [1.165, 1.54) is 0 Å². The lowest BCUT2D eigenvalue weighted by Gasteiger charge is -2.06. The summed E-state index contributed by atoms with van der Waals surface area (Å²) in [4.78, 5) is 0.781. The highest BCUT2D eigenvalue weighted by molar-refractivity contribution is 7.84. The lowest BCUT2D eigenvalue weighted by Crippen LogP contribution is -1.91. The van der Waals surface area contributed by atoms with Crippen LogP contribution in [0.2, 0.25) is 0 Å². The number of allylic oxidation sites excluding steroid dienone is 1. The number of nitrogens with zero attached hydrogens (tertiary/aromatic N) is 1. The van der Waals surface area contributed by atoms with E-state index in [0.29, 0.717) is 0 Å². The van der Waals surface area contributed by atoms with Crippen molar-refractivity contribution in [2.45, 2.75) is 4.90 Å². The summed E-state index contributed by atoms with van der Waals surface area (Å²) in [6.45, 7) is 0. The molecule has 0 saturated heterocycles. The Labute approximate surface area is 95.9 Å². The lowest BCUT2D eigenvalue weighted by molar-refractivity contribution is 0.684. The molecule has 0 aromatic heterocycles. The summed E-state index contributed by atoms with van der Waals surface area (Å²) < 4.78 is 15.8. The van der Waals surface area contributed by atoms with Gasteiger partial charge in [0.2, 0.25) is 0 Å². The zero-order valence-corrected chi connectivity index (χ0v) is 9.28. The fourth-order valence-corrected chi connectivity index (χ4v) is 2.73. The predicted molar refractivity (Wildman–Crippen MR) is 67.9 cm³/mol. The molecule has 2 nitrogen and oxygen atoms in total. The van der Waals surface area contributed by atoms with Crippen LogP contribution in [0.25, 0.3) is 16.8 Å². The van der Waals surface area contributed by atoms with Gasteiger partial charge in [0.1, 0.15) is 0 Å². The van der Waals surface area contributed by atoms with Crippen LogP contribution in [0, 0.1) is 0 Å². The second kappa shape index (κ2) is 3.68. The summed E-state index contributed by atoms with van der Waals surface area (Å²) >= 11 is 0. The van der Waals surface area contributed by atoms with Gasteiger partial charge in [0.15, 0.2) is 11.0 Å². The van der Waals surface area contributed by atoms with Crippen LogP contribution in [0.1, 0.15) is 5.56 Å². The van der Waals surface area contributed by atoms with Crippen LogP contribution >= 0.6 is 0 Å². The topological polar surface area (TPSA) is 29.4 Å². The van der Waals surface area contributed by atoms with E-state index in [9.17, 15) is 4.21 Å². The maximum atomic E-state index is 11.8. The van der Waals surface area contributed by atoms with Crippen LogP contribution in [0.4, 0.5) is 0 Å². The van der Waals surface area contributed by atoms with Gasteiger partial charge in [-0.1, -0.05) is 36.4 Å². The Bertz CT molecular complexity index is 643. The molecule has 0 radical (unpaired) electrons. The highest BCUT2D eigenvalue weighted by Crippen LogP contribution is 2.27. The van der Waals surface area contributed by atoms with Crippen LogP contribution in [0.3, 0.4) is 0 Å². The smallest absolute Gasteiger partial charge is 0.173 e. The van der Waals surface area contributed by atoms with E-state index < -0.39 is 11.0 Å². The van der Waals surface area contributed by atoms with Crippen LogP contribution in [-0.4, -0.2) is 10.4 Å². The number of hydrogen-bond acceptors (Lipinski definition) is 1. The zero-order chi connectivity index (χ0) is 11.0. The third-order valence-corrected chi connectivity index (χ3v) is 3.67. The summed E-state index contributed by atoms with van der Waals surface area (Å²) in [6.07, 6.45) is 5.38. The molecule has 0 spiro atoms. The fraction of sp³-hybridized carbons (Fsp3) is 0. The first-order valence-electron chi connectivity index (χ1n) is 5.00. The summed E-state index contributed by atoms with van der Waals surface area (Å²) in [7, 11) is -1.28. The molecule has 1 unspecified atom stereocenters. The van der Waals surface area contributed by atoms with Crippen LogP contribution in [0.15, 0.2) is 51.8 Å². The van der Waals surface area contributed by atoms with E-state index in [1.54, 1.807) is 6.21 Å². The van der Waals surface area contributed by atoms with Crippen LogP contribution in [0.5, 0.6) is 0 Å². The van der Waals surface area contributed by atoms with E-state index in [-0.39, 0.29) is 0 Å². The highest BCUT2D eigenvalue weighted by atomic mass is 32.2. The fourth-order valence-electron chi connectivity index (χ4n) is 1.89. The second-order valence-electron chi connectivity index (χ2n) is 3.56. The van der Waals surface area contributed by atoms with Gasteiger partial charge in [-0.05, 0) is 22.9 Å². The van der Waals surface area contributed by atoms with Crippen molar-refractivity contribution in [1.29, 1.82) is 0 Å². The van der Waals surface area contributed by atoms with Crippen molar-refractivity contribution >= 4 is 34.0 Å². The Morgan fingerprint density at radius 1 is 1.06 bits per heavy atom. The molecule has 2 aromatic rings. The Morgan fingerprint density at radius 3 is 2.88 bits per heavy atom. The average Bonchev–Trinajstić information content (AvgIpc) is 2.52. The summed E-state index contributed by atoms with van der Waals surface area (Å²) in [6, 6.07) is 12.0. The van der Waals surface area contributed by atoms with Crippen molar-refractivity contribution in [3.63, 3.8) is 0 Å². The maximum absolute atomic E-state index is 11.8. The Kier molecular flexibility index (Phi) is 2.18. The molecule has 0 bridgehead atoms. The minimum absolute atomic E-state index is 0.781. The molecule has 1 aliphatic heterocycles. The summed E-state index contributed by atoms with van der Waals surface area (Å²) in [5.74, 6) is 0. The van der Waals surface area contributed by atoms with E-state index in [0.717, 1.165) is 21.2 Å². The number of benzene rings is 2.